The van der Waals surface area contributed by atoms with E-state index in [1.54, 1.807) is 18.2 Å². The highest BCUT2D eigenvalue weighted by Crippen LogP contribution is 2.46. The molecule has 0 amide bonds. The van der Waals surface area contributed by atoms with Gasteiger partial charge in [0.15, 0.2) is 0 Å². The van der Waals surface area contributed by atoms with Gasteiger partial charge in [0.2, 0.25) is 0 Å². The zero-order valence-corrected chi connectivity index (χ0v) is 15.2. The molecule has 4 nitrogen and oxygen atoms in total. The van der Waals surface area contributed by atoms with Gasteiger partial charge in [0.25, 0.3) is 0 Å². The number of unbranched alkanes of at least 4 members (excludes halogenated alkanes) is 2. The van der Waals surface area contributed by atoms with Crippen LogP contribution in [0.4, 0.5) is 0 Å². The van der Waals surface area contributed by atoms with Gasteiger partial charge >= 0.3 is 0 Å². The van der Waals surface area contributed by atoms with Crippen LogP contribution in [0.25, 0.3) is 0 Å². The molecular formula is C21H30O4. The number of hydrogen-bond acceptors (Lipinski definition) is 4. The summed E-state index contributed by atoms with van der Waals surface area (Å²) in [6, 6.07) is 3.44. The molecule has 138 valence electrons. The molecule has 0 radical (unpaired) electrons. The molecule has 0 saturated carbocycles. The van der Waals surface area contributed by atoms with Crippen molar-refractivity contribution in [2.75, 3.05) is 6.61 Å². The van der Waals surface area contributed by atoms with E-state index in [4.69, 9.17) is 0 Å². The number of aliphatic hydroxyl groups excluding tert-OH is 2. The van der Waals surface area contributed by atoms with Crippen LogP contribution in [0.3, 0.4) is 0 Å². The monoisotopic (exact) mass is 346 g/mol. The molecule has 25 heavy (non-hydrogen) atoms. The highest BCUT2D eigenvalue weighted by Gasteiger charge is 2.34. The summed E-state index contributed by atoms with van der Waals surface area (Å²) in [6.45, 7) is 7.78. The summed E-state index contributed by atoms with van der Waals surface area (Å²) in [5.41, 5.74) is 2.77. The Labute approximate surface area is 150 Å². The fraction of sp³-hybridized carbons (Fsp3) is 0.524. The molecule has 3 atom stereocenters. The Morgan fingerprint density at radius 1 is 1.20 bits per heavy atom. The smallest absolute Gasteiger partial charge is 0.123 e. The number of aromatic hydroxyl groups is 2. The lowest BCUT2D eigenvalue weighted by atomic mass is 9.72. The predicted molar refractivity (Wildman–Crippen MR) is 99.8 cm³/mol. The maximum absolute atomic E-state index is 10.6. The van der Waals surface area contributed by atoms with Crippen molar-refractivity contribution in [3.63, 3.8) is 0 Å². The molecule has 1 aliphatic carbocycles. The quantitative estimate of drug-likeness (QED) is 0.447. The summed E-state index contributed by atoms with van der Waals surface area (Å²) in [7, 11) is 0. The number of phenols is 2. The Hall–Kier alpha value is -1.78. The van der Waals surface area contributed by atoms with E-state index in [1.165, 1.54) is 0 Å². The van der Waals surface area contributed by atoms with Crippen LogP contribution in [0, 0.1) is 5.92 Å². The number of benzene rings is 1. The van der Waals surface area contributed by atoms with E-state index in [0.29, 0.717) is 17.6 Å². The molecule has 0 saturated heterocycles. The SMILES string of the molecule is C=C(C)[C@@H]1CC(O)C(CO)=CC1c1c(O)cc(CCCCC)cc1O. The molecular weight excluding hydrogens is 316 g/mol. The Kier molecular flexibility index (Phi) is 6.68. The maximum atomic E-state index is 10.6. The molecule has 1 aromatic carbocycles. The Morgan fingerprint density at radius 2 is 1.84 bits per heavy atom. The fourth-order valence-corrected chi connectivity index (χ4v) is 3.69. The highest BCUT2D eigenvalue weighted by atomic mass is 16.3. The van der Waals surface area contributed by atoms with E-state index in [-0.39, 0.29) is 29.9 Å². The number of allylic oxidation sites excluding steroid dienone is 2. The number of rotatable bonds is 7. The number of aryl methyl sites for hydroxylation is 1. The highest BCUT2D eigenvalue weighted by molar-refractivity contribution is 5.52. The molecule has 4 N–H and O–H groups in total. The molecule has 2 rings (SSSR count). The van der Waals surface area contributed by atoms with Crippen LogP contribution >= 0.6 is 0 Å². The minimum absolute atomic E-state index is 0.0627. The van der Waals surface area contributed by atoms with E-state index in [2.05, 4.69) is 13.5 Å². The van der Waals surface area contributed by atoms with Gasteiger partial charge in [-0.3, -0.25) is 0 Å². The van der Waals surface area contributed by atoms with Gasteiger partial charge in [0.05, 0.1) is 12.7 Å². The standard InChI is InChI=1S/C21H30O4/c1-4-5-6-7-14-8-19(24)21(20(25)9-14)17-10-15(12-22)18(23)11-16(17)13(2)3/h8-10,16-18,22-25H,2,4-7,11-12H2,1,3H3/t16-,17?,18?/m0/s1. The van der Waals surface area contributed by atoms with Gasteiger partial charge in [0, 0.05) is 11.5 Å². The zero-order valence-electron chi connectivity index (χ0n) is 15.2. The van der Waals surface area contributed by atoms with Crippen molar-refractivity contribution in [2.24, 2.45) is 5.92 Å². The van der Waals surface area contributed by atoms with Crippen LogP contribution in [0.2, 0.25) is 0 Å². The molecule has 4 heteroatoms. The first-order valence-electron chi connectivity index (χ1n) is 9.08. The van der Waals surface area contributed by atoms with Crippen molar-refractivity contribution in [1.29, 1.82) is 0 Å². The van der Waals surface area contributed by atoms with Crippen LogP contribution in [0.5, 0.6) is 11.5 Å². The van der Waals surface area contributed by atoms with E-state index < -0.39 is 6.10 Å². The summed E-state index contributed by atoms with van der Waals surface area (Å²) in [6.07, 6.45) is 5.54. The molecule has 1 aromatic rings. The van der Waals surface area contributed by atoms with Crippen molar-refractivity contribution >= 4 is 0 Å². The Balaban J connectivity index is 2.40. The van der Waals surface area contributed by atoms with Crippen molar-refractivity contribution in [3.05, 3.63) is 47.1 Å². The molecule has 0 fully saturated rings. The van der Waals surface area contributed by atoms with E-state index in [9.17, 15) is 20.4 Å². The molecule has 0 aromatic heterocycles. The van der Waals surface area contributed by atoms with Crippen LogP contribution in [-0.4, -0.2) is 33.1 Å². The fourth-order valence-electron chi connectivity index (χ4n) is 3.69. The van der Waals surface area contributed by atoms with Crippen molar-refractivity contribution in [1.82, 2.24) is 0 Å². The summed E-state index contributed by atoms with van der Waals surface area (Å²) >= 11 is 0. The summed E-state index contributed by atoms with van der Waals surface area (Å²) in [5, 5.41) is 40.8. The van der Waals surface area contributed by atoms with Crippen LogP contribution in [-0.2, 0) is 6.42 Å². The summed E-state index contributed by atoms with van der Waals surface area (Å²) in [4.78, 5) is 0. The average molecular weight is 346 g/mol. The third kappa shape index (κ3) is 4.44. The van der Waals surface area contributed by atoms with E-state index >= 15 is 0 Å². The first-order valence-corrected chi connectivity index (χ1v) is 9.08. The normalized spacial score (nSPS) is 23.4. The molecule has 0 spiro atoms. The molecule has 1 aliphatic rings. The molecule has 0 bridgehead atoms. The summed E-state index contributed by atoms with van der Waals surface area (Å²) in [5.74, 6) is -0.291. The lowest BCUT2D eigenvalue weighted by Gasteiger charge is -2.34. The second-order valence-corrected chi connectivity index (χ2v) is 7.13. The topological polar surface area (TPSA) is 80.9 Å². The van der Waals surface area contributed by atoms with Gasteiger partial charge in [-0.2, -0.15) is 0 Å². The van der Waals surface area contributed by atoms with Gasteiger partial charge in [-0.25, -0.2) is 0 Å². The minimum atomic E-state index is -0.722. The van der Waals surface area contributed by atoms with E-state index in [0.717, 1.165) is 36.8 Å². The first-order chi connectivity index (χ1) is 11.9. The van der Waals surface area contributed by atoms with Gasteiger partial charge in [-0.1, -0.05) is 38.0 Å². The lowest BCUT2D eigenvalue weighted by molar-refractivity contribution is 0.149. The molecule has 2 unspecified atom stereocenters. The average Bonchev–Trinajstić information content (AvgIpc) is 2.55. The largest absolute Gasteiger partial charge is 0.507 e. The van der Waals surface area contributed by atoms with Gasteiger partial charge in [-0.15, -0.1) is 0 Å². The summed E-state index contributed by atoms with van der Waals surface area (Å²) < 4.78 is 0. The van der Waals surface area contributed by atoms with Crippen LogP contribution < -0.4 is 0 Å². The van der Waals surface area contributed by atoms with Gasteiger partial charge in [-0.05, 0) is 55.4 Å². The van der Waals surface area contributed by atoms with Gasteiger partial charge in [0.1, 0.15) is 11.5 Å². The van der Waals surface area contributed by atoms with E-state index in [1.807, 2.05) is 6.92 Å². The third-order valence-corrected chi connectivity index (χ3v) is 5.15. The Bertz CT molecular complexity index is 624. The first kappa shape index (κ1) is 19.5. The number of phenolic OH excluding ortho intramolecular Hbond substituents is 2. The lowest BCUT2D eigenvalue weighted by Crippen LogP contribution is -2.28. The predicted octanol–water partition coefficient (Wildman–Crippen LogP) is 3.79. The molecule has 0 heterocycles. The number of aliphatic hydroxyl groups is 2. The van der Waals surface area contributed by atoms with Crippen LogP contribution in [0.1, 0.15) is 56.6 Å². The number of hydrogen-bond donors (Lipinski definition) is 4. The van der Waals surface area contributed by atoms with Gasteiger partial charge < -0.3 is 20.4 Å². The second-order valence-electron chi connectivity index (χ2n) is 7.13. The van der Waals surface area contributed by atoms with Crippen LogP contribution in [0.15, 0.2) is 35.9 Å². The van der Waals surface area contributed by atoms with Crippen molar-refractivity contribution < 1.29 is 20.4 Å². The Morgan fingerprint density at radius 3 is 2.36 bits per heavy atom. The zero-order chi connectivity index (χ0) is 18.6. The van der Waals surface area contributed by atoms with Crippen molar-refractivity contribution in [3.8, 4) is 11.5 Å². The third-order valence-electron chi connectivity index (χ3n) is 5.15. The second kappa shape index (κ2) is 8.54. The maximum Gasteiger partial charge on any atom is 0.123 e. The molecule has 0 aliphatic heterocycles. The van der Waals surface area contributed by atoms with Crippen molar-refractivity contribution in [2.45, 2.75) is 58.0 Å². The minimum Gasteiger partial charge on any atom is -0.507 e.